The van der Waals surface area contributed by atoms with Crippen molar-refractivity contribution in [2.24, 2.45) is 10.2 Å². The fourth-order valence-corrected chi connectivity index (χ4v) is 3.08. The van der Waals surface area contributed by atoms with Crippen LogP contribution >= 0.6 is 11.8 Å². The highest BCUT2D eigenvalue weighted by molar-refractivity contribution is 8.15. The Morgan fingerprint density at radius 2 is 2.19 bits per heavy atom. The standard InChI is InChI=1S/C17H16N4O4S/c1-24-12-6-4-11(5-7-12)19-16(23)14-9-15(22)20-17(26-14)21-18-10-13-3-2-8-25-13/h2-8,10,14H,9H2,1H3,(H,19,23)(H,20,21,22)/t14-/m0/s1. The third kappa shape index (κ3) is 4.73. The molecule has 8 nitrogen and oxygen atoms in total. The Morgan fingerprint density at radius 1 is 1.38 bits per heavy atom. The Labute approximate surface area is 153 Å². The molecule has 3 rings (SSSR count). The quantitative estimate of drug-likeness (QED) is 0.619. The molecule has 9 heteroatoms. The number of nitrogens with one attached hydrogen (secondary N) is 2. The number of nitrogens with zero attached hydrogens (tertiary/aromatic N) is 2. The minimum absolute atomic E-state index is 0.0631. The highest BCUT2D eigenvalue weighted by atomic mass is 32.2. The van der Waals surface area contributed by atoms with Crippen molar-refractivity contribution in [1.82, 2.24) is 5.32 Å². The summed E-state index contributed by atoms with van der Waals surface area (Å²) < 4.78 is 10.2. The van der Waals surface area contributed by atoms with Crippen molar-refractivity contribution in [2.75, 3.05) is 12.4 Å². The molecular weight excluding hydrogens is 356 g/mol. The molecule has 0 saturated carbocycles. The lowest BCUT2D eigenvalue weighted by molar-refractivity contribution is -0.123. The molecule has 2 N–H and O–H groups in total. The van der Waals surface area contributed by atoms with E-state index in [0.29, 0.717) is 17.2 Å². The maximum absolute atomic E-state index is 12.4. The molecule has 0 aliphatic carbocycles. The third-order valence-corrected chi connectivity index (χ3v) is 4.47. The van der Waals surface area contributed by atoms with Crippen LogP contribution in [0.3, 0.4) is 0 Å². The molecule has 134 valence electrons. The first kappa shape index (κ1) is 17.7. The van der Waals surface area contributed by atoms with E-state index in [9.17, 15) is 9.59 Å². The SMILES string of the molecule is COc1ccc(NC(=O)[C@@H]2CC(=O)NC(=NN=Cc3ccco3)S2)cc1. The van der Waals surface area contributed by atoms with Gasteiger partial charge in [-0.25, -0.2) is 0 Å². The van der Waals surface area contributed by atoms with E-state index in [2.05, 4.69) is 20.8 Å². The van der Waals surface area contributed by atoms with E-state index >= 15 is 0 Å². The zero-order chi connectivity index (χ0) is 18.4. The van der Waals surface area contributed by atoms with Crippen molar-refractivity contribution in [3.8, 4) is 5.75 Å². The molecule has 0 bridgehead atoms. The van der Waals surface area contributed by atoms with Gasteiger partial charge in [-0.3, -0.25) is 9.59 Å². The lowest BCUT2D eigenvalue weighted by Crippen LogP contribution is -2.41. The molecule has 0 unspecified atom stereocenters. The molecule has 2 heterocycles. The maximum Gasteiger partial charge on any atom is 0.238 e. The van der Waals surface area contributed by atoms with Gasteiger partial charge in [-0.2, -0.15) is 5.10 Å². The Kier molecular flexibility index (Phi) is 5.69. The van der Waals surface area contributed by atoms with Gasteiger partial charge in [0.15, 0.2) is 5.17 Å². The fourth-order valence-electron chi connectivity index (χ4n) is 2.14. The molecule has 1 fully saturated rings. The first-order valence-electron chi connectivity index (χ1n) is 7.70. The van der Waals surface area contributed by atoms with Crippen LogP contribution in [-0.4, -0.2) is 35.6 Å². The first-order chi connectivity index (χ1) is 12.6. The normalized spacial score (nSPS) is 18.7. The number of benzene rings is 1. The van der Waals surface area contributed by atoms with Crippen LogP contribution in [0.4, 0.5) is 5.69 Å². The van der Waals surface area contributed by atoms with Crippen LogP contribution in [0.5, 0.6) is 5.75 Å². The van der Waals surface area contributed by atoms with E-state index < -0.39 is 5.25 Å². The fraction of sp³-hybridized carbons (Fsp3) is 0.176. The van der Waals surface area contributed by atoms with Gasteiger partial charge in [-0.05, 0) is 36.4 Å². The minimum atomic E-state index is -0.594. The van der Waals surface area contributed by atoms with Gasteiger partial charge in [-0.1, -0.05) is 11.8 Å². The van der Waals surface area contributed by atoms with Crippen LogP contribution in [0.15, 0.2) is 57.3 Å². The molecule has 1 aromatic carbocycles. The van der Waals surface area contributed by atoms with Crippen molar-refractivity contribution in [3.63, 3.8) is 0 Å². The third-order valence-electron chi connectivity index (χ3n) is 3.40. The van der Waals surface area contributed by atoms with Gasteiger partial charge in [0.05, 0.1) is 19.6 Å². The zero-order valence-electron chi connectivity index (χ0n) is 13.8. The van der Waals surface area contributed by atoms with Crippen molar-refractivity contribution in [3.05, 3.63) is 48.4 Å². The largest absolute Gasteiger partial charge is 0.497 e. The van der Waals surface area contributed by atoms with E-state index in [1.807, 2.05) is 0 Å². The number of thioether (sulfide) groups is 1. The molecule has 1 saturated heterocycles. The highest BCUT2D eigenvalue weighted by Gasteiger charge is 2.30. The summed E-state index contributed by atoms with van der Waals surface area (Å²) in [4.78, 5) is 24.3. The second kappa shape index (κ2) is 8.34. The monoisotopic (exact) mass is 372 g/mol. The zero-order valence-corrected chi connectivity index (χ0v) is 14.7. The van der Waals surface area contributed by atoms with Crippen LogP contribution in [0.1, 0.15) is 12.2 Å². The molecule has 0 spiro atoms. The molecule has 1 atom stereocenters. The number of furan rings is 1. The summed E-state index contributed by atoms with van der Waals surface area (Å²) in [5, 5.41) is 12.8. The number of ether oxygens (including phenoxy) is 1. The van der Waals surface area contributed by atoms with Crippen molar-refractivity contribution in [2.45, 2.75) is 11.7 Å². The van der Waals surface area contributed by atoms with Crippen LogP contribution in [0, 0.1) is 0 Å². The van der Waals surface area contributed by atoms with Crippen LogP contribution in [0.2, 0.25) is 0 Å². The number of amides is 2. The lowest BCUT2D eigenvalue weighted by atomic mass is 10.2. The summed E-state index contributed by atoms with van der Waals surface area (Å²) in [6.45, 7) is 0. The highest BCUT2D eigenvalue weighted by Crippen LogP contribution is 2.23. The molecule has 26 heavy (non-hydrogen) atoms. The predicted octanol–water partition coefficient (Wildman–Crippen LogP) is 2.24. The van der Waals surface area contributed by atoms with Gasteiger partial charge < -0.3 is 19.8 Å². The van der Waals surface area contributed by atoms with Gasteiger partial charge in [0, 0.05) is 12.1 Å². The number of anilines is 1. The first-order valence-corrected chi connectivity index (χ1v) is 8.58. The number of carbonyl (C=O) groups excluding carboxylic acids is 2. The van der Waals surface area contributed by atoms with E-state index in [1.54, 1.807) is 43.5 Å². The number of hydrogen-bond acceptors (Lipinski definition) is 7. The average Bonchev–Trinajstić information content (AvgIpc) is 3.15. The van der Waals surface area contributed by atoms with E-state index in [4.69, 9.17) is 9.15 Å². The second-order valence-electron chi connectivity index (χ2n) is 5.24. The van der Waals surface area contributed by atoms with Crippen LogP contribution < -0.4 is 15.4 Å². The smallest absolute Gasteiger partial charge is 0.238 e. The molecule has 2 aromatic rings. The molecule has 1 aliphatic rings. The Morgan fingerprint density at radius 3 is 2.88 bits per heavy atom. The summed E-state index contributed by atoms with van der Waals surface area (Å²) in [7, 11) is 1.57. The van der Waals surface area contributed by atoms with Gasteiger partial charge in [-0.15, -0.1) is 5.10 Å². The Bertz CT molecular complexity index is 831. The predicted molar refractivity (Wildman–Crippen MR) is 99.5 cm³/mol. The van der Waals surface area contributed by atoms with Crippen molar-refractivity contribution in [1.29, 1.82) is 0 Å². The summed E-state index contributed by atoms with van der Waals surface area (Å²) in [6, 6.07) is 10.4. The number of methoxy groups -OCH3 is 1. The second-order valence-corrected chi connectivity index (χ2v) is 6.43. The topological polar surface area (TPSA) is 105 Å². The Balaban J connectivity index is 1.63. The number of rotatable bonds is 5. The van der Waals surface area contributed by atoms with Gasteiger partial charge in [0.25, 0.3) is 0 Å². The minimum Gasteiger partial charge on any atom is -0.497 e. The van der Waals surface area contributed by atoms with Gasteiger partial charge in [0.1, 0.15) is 16.8 Å². The summed E-state index contributed by atoms with van der Waals surface area (Å²) in [5.74, 6) is 0.664. The Hall–Kier alpha value is -3.07. The summed E-state index contributed by atoms with van der Waals surface area (Å²) in [6.07, 6.45) is 3.00. The van der Waals surface area contributed by atoms with Gasteiger partial charge in [0.2, 0.25) is 11.8 Å². The average molecular weight is 372 g/mol. The maximum atomic E-state index is 12.4. The molecule has 1 aromatic heterocycles. The molecule has 1 aliphatic heterocycles. The molecule has 0 radical (unpaired) electrons. The lowest BCUT2D eigenvalue weighted by Gasteiger charge is -2.21. The number of hydrogen-bond donors (Lipinski definition) is 2. The summed E-state index contributed by atoms with van der Waals surface area (Å²) in [5.41, 5.74) is 0.622. The van der Waals surface area contributed by atoms with Crippen molar-refractivity contribution < 1.29 is 18.7 Å². The van der Waals surface area contributed by atoms with Crippen LogP contribution in [-0.2, 0) is 9.59 Å². The van der Waals surface area contributed by atoms with E-state index in [1.165, 1.54) is 12.5 Å². The van der Waals surface area contributed by atoms with Crippen LogP contribution in [0.25, 0.3) is 0 Å². The van der Waals surface area contributed by atoms with Gasteiger partial charge >= 0.3 is 0 Å². The van der Waals surface area contributed by atoms with Crippen molar-refractivity contribution >= 4 is 40.6 Å². The number of carbonyl (C=O) groups is 2. The molecular formula is C17H16N4O4S. The van der Waals surface area contributed by atoms with E-state index in [-0.39, 0.29) is 23.4 Å². The molecule has 2 amide bonds. The van der Waals surface area contributed by atoms with E-state index in [0.717, 1.165) is 11.8 Å². The summed E-state index contributed by atoms with van der Waals surface area (Å²) >= 11 is 1.14. The number of amidine groups is 1.